The fourth-order valence-electron chi connectivity index (χ4n) is 2.21. The second-order valence-electron chi connectivity index (χ2n) is 4.81. The van der Waals surface area contributed by atoms with E-state index in [9.17, 15) is 4.79 Å². The fourth-order valence-corrected chi connectivity index (χ4v) is 2.69. The first-order valence-corrected chi connectivity index (χ1v) is 6.63. The predicted molar refractivity (Wildman–Crippen MR) is 73.0 cm³/mol. The van der Waals surface area contributed by atoms with E-state index in [1.165, 1.54) is 0 Å². The number of hydrogen-bond donors (Lipinski definition) is 1. The first kappa shape index (κ1) is 12.4. The highest BCUT2D eigenvalue weighted by Crippen LogP contribution is 2.26. The summed E-state index contributed by atoms with van der Waals surface area (Å²) in [7, 11) is 0. The van der Waals surface area contributed by atoms with Gasteiger partial charge in [0.15, 0.2) is 0 Å². The van der Waals surface area contributed by atoms with Crippen LogP contribution in [0.4, 0.5) is 5.69 Å². The summed E-state index contributed by atoms with van der Waals surface area (Å²) in [4.78, 5) is 14.3. The molecule has 0 bridgehead atoms. The van der Waals surface area contributed by atoms with Crippen LogP contribution in [-0.4, -0.2) is 23.9 Å². The minimum Gasteiger partial charge on any atom is -0.398 e. The molecule has 2 N–H and O–H groups in total. The average molecular weight is 297 g/mol. The number of nitrogen functional groups attached to an aromatic ring is 1. The number of nitrogens with two attached hydrogens (primary N) is 1. The highest BCUT2D eigenvalue weighted by atomic mass is 79.9. The first-order chi connectivity index (χ1) is 7.99. The van der Waals surface area contributed by atoms with Crippen LogP contribution in [0.5, 0.6) is 0 Å². The van der Waals surface area contributed by atoms with Crippen LogP contribution in [0, 0.1) is 12.8 Å². The van der Waals surface area contributed by atoms with Crippen molar-refractivity contribution in [2.45, 2.75) is 20.3 Å². The van der Waals surface area contributed by atoms with Crippen LogP contribution in [0.3, 0.4) is 0 Å². The van der Waals surface area contributed by atoms with Crippen LogP contribution in [0.15, 0.2) is 16.6 Å². The molecule has 1 atom stereocenters. The molecule has 1 heterocycles. The Balaban J connectivity index is 2.31. The summed E-state index contributed by atoms with van der Waals surface area (Å²) in [5.41, 5.74) is 8.13. The third-order valence-electron chi connectivity index (χ3n) is 3.35. The smallest absolute Gasteiger partial charge is 0.254 e. The van der Waals surface area contributed by atoms with Crippen molar-refractivity contribution in [3.63, 3.8) is 0 Å². The lowest BCUT2D eigenvalue weighted by molar-refractivity contribution is 0.0787. The fraction of sp³-hybridized carbons (Fsp3) is 0.462. The molecule has 1 aliphatic rings. The number of likely N-dealkylation sites (tertiary alicyclic amines) is 1. The molecule has 0 radical (unpaired) electrons. The van der Waals surface area contributed by atoms with Gasteiger partial charge in [0, 0.05) is 28.8 Å². The number of anilines is 1. The molecule has 1 unspecified atom stereocenters. The number of benzene rings is 1. The maximum atomic E-state index is 12.4. The van der Waals surface area contributed by atoms with Crippen LogP contribution in [0.1, 0.15) is 29.3 Å². The SMILES string of the molecule is Cc1c(N)cc(Br)cc1C(=O)N1CCC(C)C1. The molecule has 1 aliphatic heterocycles. The second kappa shape index (κ2) is 4.69. The van der Waals surface area contributed by atoms with Crippen molar-refractivity contribution in [3.8, 4) is 0 Å². The molecule has 0 saturated carbocycles. The zero-order valence-corrected chi connectivity index (χ0v) is 11.8. The van der Waals surface area contributed by atoms with Gasteiger partial charge in [0.05, 0.1) is 0 Å². The lowest BCUT2D eigenvalue weighted by Crippen LogP contribution is -2.29. The Morgan fingerprint density at radius 1 is 1.53 bits per heavy atom. The molecule has 1 fully saturated rings. The molecule has 0 aromatic heterocycles. The van der Waals surface area contributed by atoms with Gasteiger partial charge < -0.3 is 10.6 Å². The second-order valence-corrected chi connectivity index (χ2v) is 5.73. The summed E-state index contributed by atoms with van der Waals surface area (Å²) < 4.78 is 0.858. The van der Waals surface area contributed by atoms with Crippen molar-refractivity contribution in [3.05, 3.63) is 27.7 Å². The van der Waals surface area contributed by atoms with Crippen molar-refractivity contribution in [1.82, 2.24) is 4.90 Å². The Morgan fingerprint density at radius 3 is 2.82 bits per heavy atom. The standard InChI is InChI=1S/C13H17BrN2O/c1-8-3-4-16(7-8)13(17)11-5-10(14)6-12(15)9(11)2/h5-6,8H,3-4,7,15H2,1-2H3. The molecular weight excluding hydrogens is 280 g/mol. The molecule has 1 saturated heterocycles. The normalized spacial score (nSPS) is 19.7. The number of nitrogens with zero attached hydrogens (tertiary/aromatic N) is 1. The van der Waals surface area contributed by atoms with Crippen molar-refractivity contribution in [2.24, 2.45) is 5.92 Å². The predicted octanol–water partition coefficient (Wildman–Crippen LogP) is 2.82. The number of carbonyl (C=O) groups is 1. The highest BCUT2D eigenvalue weighted by Gasteiger charge is 2.25. The van der Waals surface area contributed by atoms with Crippen molar-refractivity contribution < 1.29 is 4.79 Å². The van der Waals surface area contributed by atoms with E-state index < -0.39 is 0 Å². The van der Waals surface area contributed by atoms with Gasteiger partial charge in [0.25, 0.3) is 5.91 Å². The summed E-state index contributed by atoms with van der Waals surface area (Å²) in [6, 6.07) is 3.69. The van der Waals surface area contributed by atoms with E-state index >= 15 is 0 Å². The van der Waals surface area contributed by atoms with Crippen LogP contribution in [-0.2, 0) is 0 Å². The first-order valence-electron chi connectivity index (χ1n) is 5.84. The summed E-state index contributed by atoms with van der Waals surface area (Å²) in [5.74, 6) is 0.698. The van der Waals surface area contributed by atoms with E-state index in [4.69, 9.17) is 5.73 Å². The Kier molecular flexibility index (Phi) is 3.43. The van der Waals surface area contributed by atoms with Gasteiger partial charge in [-0.05, 0) is 37.0 Å². The number of rotatable bonds is 1. The summed E-state index contributed by atoms with van der Waals surface area (Å²) in [5, 5.41) is 0. The highest BCUT2D eigenvalue weighted by molar-refractivity contribution is 9.10. The van der Waals surface area contributed by atoms with E-state index in [0.29, 0.717) is 17.2 Å². The van der Waals surface area contributed by atoms with Crippen LogP contribution < -0.4 is 5.73 Å². The van der Waals surface area contributed by atoms with E-state index in [1.807, 2.05) is 24.0 Å². The zero-order chi connectivity index (χ0) is 12.6. The van der Waals surface area contributed by atoms with Crippen molar-refractivity contribution in [2.75, 3.05) is 18.8 Å². The summed E-state index contributed by atoms with van der Waals surface area (Å²) in [6.45, 7) is 5.78. The molecule has 2 rings (SSSR count). The molecular formula is C13H17BrN2O. The van der Waals surface area contributed by atoms with Gasteiger partial charge in [-0.3, -0.25) is 4.79 Å². The van der Waals surface area contributed by atoms with Gasteiger partial charge in [0.2, 0.25) is 0 Å². The summed E-state index contributed by atoms with van der Waals surface area (Å²) in [6.07, 6.45) is 1.09. The van der Waals surface area contributed by atoms with Gasteiger partial charge in [0.1, 0.15) is 0 Å². The topological polar surface area (TPSA) is 46.3 Å². The van der Waals surface area contributed by atoms with E-state index in [2.05, 4.69) is 22.9 Å². The lowest BCUT2D eigenvalue weighted by Gasteiger charge is -2.18. The van der Waals surface area contributed by atoms with Crippen LogP contribution >= 0.6 is 15.9 Å². The van der Waals surface area contributed by atoms with Gasteiger partial charge >= 0.3 is 0 Å². The molecule has 1 aromatic carbocycles. The van der Waals surface area contributed by atoms with E-state index in [0.717, 1.165) is 29.5 Å². The zero-order valence-electron chi connectivity index (χ0n) is 10.2. The van der Waals surface area contributed by atoms with Crippen molar-refractivity contribution in [1.29, 1.82) is 0 Å². The molecule has 0 spiro atoms. The molecule has 0 aliphatic carbocycles. The van der Waals surface area contributed by atoms with Crippen molar-refractivity contribution >= 4 is 27.5 Å². The maximum absolute atomic E-state index is 12.4. The number of amides is 1. The molecule has 1 aromatic rings. The Bertz CT molecular complexity index is 459. The average Bonchev–Trinajstić information content (AvgIpc) is 2.69. The van der Waals surface area contributed by atoms with E-state index in [-0.39, 0.29) is 5.91 Å². The van der Waals surface area contributed by atoms with E-state index in [1.54, 1.807) is 0 Å². The number of carbonyl (C=O) groups excluding carboxylic acids is 1. The Morgan fingerprint density at radius 2 is 2.24 bits per heavy atom. The van der Waals surface area contributed by atoms with Gasteiger partial charge in [-0.1, -0.05) is 22.9 Å². The lowest BCUT2D eigenvalue weighted by atomic mass is 10.1. The molecule has 4 heteroatoms. The van der Waals surface area contributed by atoms with Gasteiger partial charge in [-0.2, -0.15) is 0 Å². The summed E-state index contributed by atoms with van der Waals surface area (Å²) >= 11 is 3.39. The number of hydrogen-bond acceptors (Lipinski definition) is 2. The molecule has 3 nitrogen and oxygen atoms in total. The minimum absolute atomic E-state index is 0.0971. The third kappa shape index (κ3) is 2.46. The monoisotopic (exact) mass is 296 g/mol. The molecule has 17 heavy (non-hydrogen) atoms. The minimum atomic E-state index is 0.0971. The third-order valence-corrected chi connectivity index (χ3v) is 3.81. The Hall–Kier alpha value is -1.03. The van der Waals surface area contributed by atoms with Crippen LogP contribution in [0.2, 0.25) is 0 Å². The van der Waals surface area contributed by atoms with Crippen LogP contribution in [0.25, 0.3) is 0 Å². The molecule has 92 valence electrons. The largest absolute Gasteiger partial charge is 0.398 e. The van der Waals surface area contributed by atoms with Gasteiger partial charge in [-0.15, -0.1) is 0 Å². The quantitative estimate of drug-likeness (QED) is 0.810. The maximum Gasteiger partial charge on any atom is 0.254 e. The Labute approximate surface area is 110 Å². The van der Waals surface area contributed by atoms with Gasteiger partial charge in [-0.25, -0.2) is 0 Å². The molecule has 1 amide bonds. The number of halogens is 1.